The Labute approximate surface area is 167 Å². The third-order valence-electron chi connectivity index (χ3n) is 3.91. The maximum atomic E-state index is 12.5. The molecule has 0 bridgehead atoms. The van der Waals surface area contributed by atoms with Gasteiger partial charge in [-0.1, -0.05) is 43.7 Å². The molecule has 0 spiro atoms. The van der Waals surface area contributed by atoms with Crippen LogP contribution in [-0.2, 0) is 9.53 Å². The number of non-ortho nitro benzene ring substituents is 2. The number of hydrogen-bond acceptors (Lipinski definition) is 6. The van der Waals surface area contributed by atoms with Crippen LogP contribution in [0.25, 0.3) is 12.2 Å². The van der Waals surface area contributed by atoms with Gasteiger partial charge in [0, 0.05) is 24.3 Å². The van der Waals surface area contributed by atoms with Gasteiger partial charge in [-0.2, -0.15) is 0 Å². The molecule has 0 radical (unpaired) electrons. The molecule has 8 nitrogen and oxygen atoms in total. The molecule has 0 saturated heterocycles. The predicted octanol–water partition coefficient (Wildman–Crippen LogP) is 4.94. The quantitative estimate of drug-likeness (QED) is 0.148. The highest BCUT2D eigenvalue weighted by Crippen LogP contribution is 2.19. The molecule has 0 aromatic heterocycles. The van der Waals surface area contributed by atoms with E-state index in [1.54, 1.807) is 24.3 Å². The van der Waals surface area contributed by atoms with E-state index in [4.69, 9.17) is 4.74 Å². The second kappa shape index (κ2) is 10.5. The van der Waals surface area contributed by atoms with Gasteiger partial charge in [0.25, 0.3) is 11.4 Å². The monoisotopic (exact) mass is 396 g/mol. The largest absolute Gasteiger partial charge is 0.462 e. The van der Waals surface area contributed by atoms with Crippen molar-refractivity contribution < 1.29 is 19.4 Å². The molecule has 0 fully saturated rings. The van der Waals surface area contributed by atoms with E-state index in [-0.39, 0.29) is 23.6 Å². The Bertz CT molecular complexity index is 965. The van der Waals surface area contributed by atoms with Gasteiger partial charge in [-0.15, -0.1) is 0 Å². The van der Waals surface area contributed by atoms with Crippen LogP contribution in [0.15, 0.2) is 60.2 Å². The van der Waals surface area contributed by atoms with E-state index in [1.165, 1.54) is 42.5 Å². The number of hydrogen-bond donors (Lipinski definition) is 0. The molecule has 2 aromatic rings. The molecule has 2 aromatic carbocycles. The smallest absolute Gasteiger partial charge is 0.338 e. The van der Waals surface area contributed by atoms with E-state index in [0.29, 0.717) is 17.5 Å². The molecule has 0 aliphatic carbocycles. The lowest BCUT2D eigenvalue weighted by atomic mass is 10.1. The number of benzene rings is 2. The Balaban J connectivity index is 2.35. The molecule has 0 aliphatic rings. The Kier molecular flexibility index (Phi) is 7.78. The minimum absolute atomic E-state index is 0.0677. The number of unbranched alkanes of at least 4 members (excludes halogenated alkanes) is 1. The number of nitrogens with zero attached hydrogens (tertiary/aromatic N) is 2. The number of carbonyl (C=O) groups excluding carboxylic acids is 1. The van der Waals surface area contributed by atoms with Crippen molar-refractivity contribution in [3.8, 4) is 0 Å². The Morgan fingerprint density at radius 2 is 1.59 bits per heavy atom. The average Bonchev–Trinajstić information content (AvgIpc) is 2.71. The van der Waals surface area contributed by atoms with E-state index >= 15 is 0 Å². The standard InChI is InChI=1S/C21H20N2O6/c1-2-3-12-29-21(24)18(13-17-7-5-9-20(15-17)23(27)28)11-10-16-6-4-8-19(14-16)22(25)26/h4-11,13-15H,2-3,12H2,1H3/b11-10+,18-13-. The summed E-state index contributed by atoms with van der Waals surface area (Å²) in [4.78, 5) is 33.3. The van der Waals surface area contributed by atoms with E-state index < -0.39 is 15.8 Å². The zero-order chi connectivity index (χ0) is 21.2. The fraction of sp³-hybridized carbons (Fsp3) is 0.190. The van der Waals surface area contributed by atoms with Crippen molar-refractivity contribution in [2.45, 2.75) is 19.8 Å². The normalized spacial score (nSPS) is 11.4. The Morgan fingerprint density at radius 1 is 1.00 bits per heavy atom. The molecule has 0 amide bonds. The molecule has 2 rings (SSSR count). The molecular formula is C21H20N2O6. The second-order valence-electron chi connectivity index (χ2n) is 6.13. The summed E-state index contributed by atoms with van der Waals surface area (Å²) >= 11 is 0. The topological polar surface area (TPSA) is 113 Å². The van der Waals surface area contributed by atoms with Crippen LogP contribution in [0.2, 0.25) is 0 Å². The van der Waals surface area contributed by atoms with E-state index in [0.717, 1.165) is 6.42 Å². The summed E-state index contributed by atoms with van der Waals surface area (Å²) in [7, 11) is 0. The van der Waals surface area contributed by atoms with E-state index in [1.807, 2.05) is 6.92 Å². The molecule has 0 saturated carbocycles. The summed E-state index contributed by atoms with van der Waals surface area (Å²) in [6.45, 7) is 2.22. The number of rotatable bonds is 9. The number of ether oxygens (including phenoxy) is 1. The molecular weight excluding hydrogens is 376 g/mol. The molecule has 0 atom stereocenters. The zero-order valence-electron chi connectivity index (χ0n) is 15.8. The Morgan fingerprint density at radius 3 is 2.17 bits per heavy atom. The molecule has 0 unspecified atom stereocenters. The van der Waals surface area contributed by atoms with Crippen LogP contribution in [0, 0.1) is 20.2 Å². The highest BCUT2D eigenvalue weighted by molar-refractivity contribution is 5.98. The van der Waals surface area contributed by atoms with Gasteiger partial charge in [-0.05, 0) is 29.7 Å². The fourth-order valence-electron chi connectivity index (χ4n) is 2.40. The van der Waals surface area contributed by atoms with Gasteiger partial charge < -0.3 is 4.74 Å². The van der Waals surface area contributed by atoms with Gasteiger partial charge in [0.05, 0.1) is 22.0 Å². The van der Waals surface area contributed by atoms with Crippen molar-refractivity contribution in [2.24, 2.45) is 0 Å². The molecule has 0 aliphatic heterocycles. The maximum absolute atomic E-state index is 12.5. The number of nitro benzene ring substituents is 2. The first-order valence-electron chi connectivity index (χ1n) is 8.96. The number of esters is 1. The first kappa shape index (κ1) is 21.5. The summed E-state index contributed by atoms with van der Waals surface area (Å²) in [6.07, 6.45) is 6.09. The predicted molar refractivity (Wildman–Crippen MR) is 109 cm³/mol. The van der Waals surface area contributed by atoms with Crippen LogP contribution in [-0.4, -0.2) is 22.4 Å². The average molecular weight is 396 g/mol. The Hall–Kier alpha value is -3.81. The summed E-state index contributed by atoms with van der Waals surface area (Å²) in [5.41, 5.74) is 1.01. The lowest BCUT2D eigenvalue weighted by Gasteiger charge is -2.05. The van der Waals surface area contributed by atoms with Crippen molar-refractivity contribution in [2.75, 3.05) is 6.61 Å². The van der Waals surface area contributed by atoms with Gasteiger partial charge in [-0.3, -0.25) is 20.2 Å². The first-order valence-corrected chi connectivity index (χ1v) is 8.96. The minimum atomic E-state index is -0.577. The second-order valence-corrected chi connectivity index (χ2v) is 6.13. The SMILES string of the molecule is CCCCOC(=O)C(=C\c1cccc([N+](=O)[O-])c1)/C=C/c1cccc([N+](=O)[O-])c1. The van der Waals surface area contributed by atoms with Crippen molar-refractivity contribution >= 4 is 29.5 Å². The van der Waals surface area contributed by atoms with Gasteiger partial charge in [0.2, 0.25) is 0 Å². The van der Waals surface area contributed by atoms with Crippen molar-refractivity contribution in [1.29, 1.82) is 0 Å². The lowest BCUT2D eigenvalue weighted by molar-refractivity contribution is -0.385. The molecule has 150 valence electrons. The van der Waals surface area contributed by atoms with Crippen LogP contribution in [0.1, 0.15) is 30.9 Å². The minimum Gasteiger partial charge on any atom is -0.462 e. The summed E-state index contributed by atoms with van der Waals surface area (Å²) in [6, 6.07) is 11.8. The number of carbonyl (C=O) groups is 1. The summed E-state index contributed by atoms with van der Waals surface area (Å²) < 4.78 is 5.24. The van der Waals surface area contributed by atoms with Gasteiger partial charge in [0.1, 0.15) is 0 Å². The van der Waals surface area contributed by atoms with Crippen molar-refractivity contribution in [3.63, 3.8) is 0 Å². The van der Waals surface area contributed by atoms with Crippen LogP contribution >= 0.6 is 0 Å². The van der Waals surface area contributed by atoms with Gasteiger partial charge in [-0.25, -0.2) is 4.79 Å². The lowest BCUT2D eigenvalue weighted by Crippen LogP contribution is -2.07. The van der Waals surface area contributed by atoms with Gasteiger partial charge in [0.15, 0.2) is 0 Å². The van der Waals surface area contributed by atoms with Crippen LogP contribution in [0.4, 0.5) is 11.4 Å². The van der Waals surface area contributed by atoms with Crippen molar-refractivity contribution in [3.05, 3.63) is 91.5 Å². The first-order chi connectivity index (χ1) is 13.9. The third-order valence-corrected chi connectivity index (χ3v) is 3.91. The zero-order valence-corrected chi connectivity index (χ0v) is 15.8. The highest BCUT2D eigenvalue weighted by atomic mass is 16.6. The van der Waals surface area contributed by atoms with Crippen LogP contribution in [0.5, 0.6) is 0 Å². The molecule has 8 heteroatoms. The van der Waals surface area contributed by atoms with E-state index in [2.05, 4.69) is 0 Å². The highest BCUT2D eigenvalue weighted by Gasteiger charge is 2.11. The molecule has 0 heterocycles. The van der Waals surface area contributed by atoms with Crippen LogP contribution < -0.4 is 0 Å². The molecule has 0 N–H and O–H groups in total. The van der Waals surface area contributed by atoms with Crippen LogP contribution in [0.3, 0.4) is 0 Å². The van der Waals surface area contributed by atoms with Crippen molar-refractivity contribution in [1.82, 2.24) is 0 Å². The van der Waals surface area contributed by atoms with Gasteiger partial charge >= 0.3 is 5.97 Å². The fourth-order valence-corrected chi connectivity index (χ4v) is 2.40. The third kappa shape index (κ3) is 6.69. The summed E-state index contributed by atoms with van der Waals surface area (Å²) in [5, 5.41) is 21.9. The maximum Gasteiger partial charge on any atom is 0.338 e. The summed E-state index contributed by atoms with van der Waals surface area (Å²) in [5.74, 6) is -0.577. The van der Waals surface area contributed by atoms with E-state index in [9.17, 15) is 25.0 Å². The number of nitro groups is 2. The molecule has 29 heavy (non-hydrogen) atoms.